The van der Waals surface area contributed by atoms with E-state index >= 15 is 0 Å². The van der Waals surface area contributed by atoms with Crippen LogP contribution in [0.4, 0.5) is 0 Å². The van der Waals surface area contributed by atoms with E-state index in [1.807, 2.05) is 30.3 Å². The first-order valence-electron chi connectivity index (χ1n) is 8.87. The number of benzene rings is 1. The molecule has 0 unspecified atom stereocenters. The lowest BCUT2D eigenvalue weighted by Gasteiger charge is -2.24. The van der Waals surface area contributed by atoms with E-state index in [0.29, 0.717) is 19.0 Å². The van der Waals surface area contributed by atoms with E-state index in [9.17, 15) is 9.59 Å². The highest BCUT2D eigenvalue weighted by molar-refractivity contribution is 5.83. The number of nitrogens with zero attached hydrogens (tertiary/aromatic N) is 1. The summed E-state index contributed by atoms with van der Waals surface area (Å²) in [4.78, 5) is 26.1. The van der Waals surface area contributed by atoms with Crippen LogP contribution in [-0.4, -0.2) is 43.4 Å². The molecule has 0 aliphatic heterocycles. The van der Waals surface area contributed by atoms with E-state index < -0.39 is 6.04 Å². The predicted octanol–water partition coefficient (Wildman–Crippen LogP) is 2.24. The van der Waals surface area contributed by atoms with Crippen LogP contribution in [0.25, 0.3) is 0 Å². The third-order valence-corrected chi connectivity index (χ3v) is 4.49. The summed E-state index contributed by atoms with van der Waals surface area (Å²) < 4.78 is 0. The maximum absolute atomic E-state index is 12.4. The molecule has 2 rings (SSSR count). The largest absolute Gasteiger partial charge is 0.353 e. The van der Waals surface area contributed by atoms with Crippen LogP contribution in [-0.2, 0) is 9.59 Å². The lowest BCUT2D eigenvalue weighted by Crippen LogP contribution is -2.40. The van der Waals surface area contributed by atoms with Crippen molar-refractivity contribution in [2.45, 2.75) is 50.6 Å². The molecule has 1 aliphatic carbocycles. The highest BCUT2D eigenvalue weighted by Crippen LogP contribution is 2.17. The normalized spacial score (nSPS) is 16.4. The molecule has 0 heterocycles. The molecule has 2 N–H and O–H groups in total. The summed E-state index contributed by atoms with van der Waals surface area (Å²) in [6.07, 6.45) is 6.25. The Balaban J connectivity index is 1.84. The van der Waals surface area contributed by atoms with Crippen LogP contribution in [0.2, 0.25) is 0 Å². The van der Waals surface area contributed by atoms with E-state index in [4.69, 9.17) is 0 Å². The molecule has 1 aliphatic rings. The standard InChI is InChI=1S/C19H29N3O2/c1-22(2)19(24)18(15-9-5-3-6-10-15)20-14-13-17(23)21-16-11-7-4-8-12-16/h3,5-6,9-10,16,18,20H,4,7-8,11-14H2,1-2H3,(H,21,23)/t18-/m0/s1. The molecule has 0 radical (unpaired) electrons. The summed E-state index contributed by atoms with van der Waals surface area (Å²) in [5.74, 6) is 0.0624. The second kappa shape index (κ2) is 9.42. The monoisotopic (exact) mass is 331 g/mol. The molecule has 5 nitrogen and oxygen atoms in total. The minimum atomic E-state index is -0.413. The van der Waals surface area contributed by atoms with Crippen molar-refractivity contribution in [1.29, 1.82) is 0 Å². The fourth-order valence-electron chi connectivity index (χ4n) is 3.13. The van der Waals surface area contributed by atoms with Crippen LogP contribution in [0.3, 0.4) is 0 Å². The van der Waals surface area contributed by atoms with Crippen LogP contribution in [0.15, 0.2) is 30.3 Å². The van der Waals surface area contributed by atoms with Gasteiger partial charge in [0.1, 0.15) is 6.04 Å². The zero-order chi connectivity index (χ0) is 17.4. The summed E-state index contributed by atoms with van der Waals surface area (Å²) in [6, 6.07) is 9.55. The van der Waals surface area contributed by atoms with Crippen LogP contribution < -0.4 is 10.6 Å². The van der Waals surface area contributed by atoms with E-state index in [0.717, 1.165) is 18.4 Å². The first kappa shape index (κ1) is 18.5. The van der Waals surface area contributed by atoms with Crippen molar-refractivity contribution in [1.82, 2.24) is 15.5 Å². The molecule has 0 spiro atoms. The molecule has 1 atom stereocenters. The highest BCUT2D eigenvalue weighted by Gasteiger charge is 2.22. The molecule has 0 saturated heterocycles. The fraction of sp³-hybridized carbons (Fsp3) is 0.579. The fourth-order valence-corrected chi connectivity index (χ4v) is 3.13. The van der Waals surface area contributed by atoms with Crippen molar-refractivity contribution in [2.24, 2.45) is 0 Å². The van der Waals surface area contributed by atoms with Gasteiger partial charge in [0, 0.05) is 33.1 Å². The molecular formula is C19H29N3O2. The third kappa shape index (κ3) is 5.64. The molecule has 24 heavy (non-hydrogen) atoms. The first-order chi connectivity index (χ1) is 11.6. The number of carbonyl (C=O) groups is 2. The maximum atomic E-state index is 12.4. The molecule has 5 heteroatoms. The Hall–Kier alpha value is -1.88. The van der Waals surface area contributed by atoms with Crippen molar-refractivity contribution >= 4 is 11.8 Å². The van der Waals surface area contributed by atoms with Crippen molar-refractivity contribution in [3.63, 3.8) is 0 Å². The Kier molecular flexibility index (Phi) is 7.25. The molecule has 1 aromatic rings. The van der Waals surface area contributed by atoms with E-state index in [1.54, 1.807) is 19.0 Å². The van der Waals surface area contributed by atoms with Gasteiger partial charge in [0.25, 0.3) is 0 Å². The van der Waals surface area contributed by atoms with Crippen molar-refractivity contribution in [2.75, 3.05) is 20.6 Å². The van der Waals surface area contributed by atoms with Gasteiger partial charge in [-0.25, -0.2) is 0 Å². The lowest BCUT2D eigenvalue weighted by molar-refractivity contribution is -0.131. The number of hydrogen-bond acceptors (Lipinski definition) is 3. The number of hydrogen-bond donors (Lipinski definition) is 2. The van der Waals surface area contributed by atoms with Crippen molar-refractivity contribution in [3.8, 4) is 0 Å². The summed E-state index contributed by atoms with van der Waals surface area (Å²) in [7, 11) is 3.49. The predicted molar refractivity (Wildman–Crippen MR) is 95.5 cm³/mol. The zero-order valence-corrected chi connectivity index (χ0v) is 14.8. The Labute approximate surface area is 144 Å². The van der Waals surface area contributed by atoms with Gasteiger partial charge in [-0.15, -0.1) is 0 Å². The van der Waals surface area contributed by atoms with Gasteiger partial charge in [0.05, 0.1) is 0 Å². The van der Waals surface area contributed by atoms with Gasteiger partial charge in [0.15, 0.2) is 0 Å². The molecule has 1 aromatic carbocycles. The summed E-state index contributed by atoms with van der Waals surface area (Å²) in [5.41, 5.74) is 0.920. The molecule has 0 bridgehead atoms. The van der Waals surface area contributed by atoms with Gasteiger partial charge in [0.2, 0.25) is 11.8 Å². The molecular weight excluding hydrogens is 302 g/mol. The highest BCUT2D eigenvalue weighted by atomic mass is 16.2. The van der Waals surface area contributed by atoms with Crippen LogP contribution >= 0.6 is 0 Å². The summed E-state index contributed by atoms with van der Waals surface area (Å²) >= 11 is 0. The van der Waals surface area contributed by atoms with Gasteiger partial charge < -0.3 is 15.5 Å². The average Bonchev–Trinajstić information content (AvgIpc) is 2.60. The molecule has 1 saturated carbocycles. The minimum Gasteiger partial charge on any atom is -0.353 e. The van der Waals surface area contributed by atoms with Crippen molar-refractivity contribution < 1.29 is 9.59 Å². The lowest BCUT2D eigenvalue weighted by atomic mass is 9.95. The molecule has 132 valence electrons. The van der Waals surface area contributed by atoms with E-state index in [-0.39, 0.29) is 11.8 Å². The number of likely N-dealkylation sites (N-methyl/N-ethyl adjacent to an activating group) is 1. The van der Waals surface area contributed by atoms with Gasteiger partial charge in [-0.05, 0) is 18.4 Å². The SMILES string of the molecule is CN(C)C(=O)[C@@H](NCCC(=O)NC1CCCCC1)c1ccccc1. The van der Waals surface area contributed by atoms with E-state index in [2.05, 4.69) is 10.6 Å². The Morgan fingerprint density at radius 3 is 2.42 bits per heavy atom. The average molecular weight is 331 g/mol. The topological polar surface area (TPSA) is 61.4 Å². The van der Waals surface area contributed by atoms with Gasteiger partial charge in [-0.1, -0.05) is 49.6 Å². The maximum Gasteiger partial charge on any atom is 0.243 e. The quantitative estimate of drug-likeness (QED) is 0.805. The third-order valence-electron chi connectivity index (χ3n) is 4.49. The van der Waals surface area contributed by atoms with Crippen LogP contribution in [0.5, 0.6) is 0 Å². The number of nitrogens with one attached hydrogen (secondary N) is 2. The van der Waals surface area contributed by atoms with Gasteiger partial charge in [-0.2, -0.15) is 0 Å². The Bertz CT molecular complexity index is 525. The molecule has 2 amide bonds. The van der Waals surface area contributed by atoms with Crippen LogP contribution in [0.1, 0.15) is 50.1 Å². The number of amides is 2. The number of rotatable bonds is 7. The van der Waals surface area contributed by atoms with Crippen molar-refractivity contribution in [3.05, 3.63) is 35.9 Å². The van der Waals surface area contributed by atoms with Gasteiger partial charge in [-0.3, -0.25) is 9.59 Å². The Morgan fingerprint density at radius 2 is 1.79 bits per heavy atom. The van der Waals surface area contributed by atoms with Crippen LogP contribution in [0, 0.1) is 0 Å². The Morgan fingerprint density at radius 1 is 1.12 bits per heavy atom. The molecule has 1 fully saturated rings. The second-order valence-electron chi connectivity index (χ2n) is 6.68. The van der Waals surface area contributed by atoms with E-state index in [1.165, 1.54) is 19.3 Å². The van der Waals surface area contributed by atoms with Gasteiger partial charge >= 0.3 is 0 Å². The number of carbonyl (C=O) groups excluding carboxylic acids is 2. The first-order valence-corrected chi connectivity index (χ1v) is 8.87. The molecule has 0 aromatic heterocycles. The summed E-state index contributed by atoms with van der Waals surface area (Å²) in [6.45, 7) is 0.484. The smallest absolute Gasteiger partial charge is 0.243 e. The summed E-state index contributed by atoms with van der Waals surface area (Å²) in [5, 5.41) is 6.34. The minimum absolute atomic E-state index is 0.00566. The second-order valence-corrected chi connectivity index (χ2v) is 6.68. The zero-order valence-electron chi connectivity index (χ0n) is 14.8.